The molecular weight excluding hydrogens is 544 g/mol. The zero-order valence-corrected chi connectivity index (χ0v) is 24.4. The molecule has 222 valence electrons. The molecule has 4 atom stereocenters. The highest BCUT2D eigenvalue weighted by Gasteiger charge is 2.48. The van der Waals surface area contributed by atoms with Gasteiger partial charge < -0.3 is 39.6 Å². The van der Waals surface area contributed by atoms with Crippen LogP contribution in [0.5, 0.6) is 5.75 Å². The lowest BCUT2D eigenvalue weighted by molar-refractivity contribution is -0.0749. The summed E-state index contributed by atoms with van der Waals surface area (Å²) >= 11 is 1.50. The van der Waals surface area contributed by atoms with Crippen molar-refractivity contribution in [2.24, 2.45) is 23.0 Å². The topological polar surface area (TPSA) is 128 Å². The molecule has 7 rings (SSSR count). The van der Waals surface area contributed by atoms with Crippen molar-refractivity contribution in [1.29, 1.82) is 0 Å². The standard InChI is InChI=1S/C29H40N6O5S/c1-18-26(30)29(17-40-18)3-6-34(7-4-29)27-22(11-36)33-24(9-32-27)41-23-2-5-31-28-25(23)39-16-21-8-19(10-35(21)28)12-37-13-20-14-38-15-20/h2,5,9,18-21,26,36H,3-4,6-8,10-17,30H2,1H3. The SMILES string of the molecule is CC1OCC2(CCN(c3ncc(Sc4ccnc5c4OCC4CC(COCC6COC6)CN54)nc3CO)CC2)C1N. The van der Waals surface area contributed by atoms with Gasteiger partial charge in [-0.3, -0.25) is 0 Å². The average Bonchev–Trinajstić information content (AvgIpc) is 3.52. The summed E-state index contributed by atoms with van der Waals surface area (Å²) in [5.74, 6) is 3.44. The van der Waals surface area contributed by atoms with E-state index in [2.05, 4.69) is 16.7 Å². The molecule has 3 N–H and O–H groups in total. The fourth-order valence-corrected chi connectivity index (χ4v) is 7.78. The third-order valence-electron chi connectivity index (χ3n) is 9.53. The van der Waals surface area contributed by atoms with Gasteiger partial charge in [-0.15, -0.1) is 0 Å². The minimum absolute atomic E-state index is 0.0335. The molecule has 5 aliphatic rings. The van der Waals surface area contributed by atoms with Gasteiger partial charge in [0.05, 0.1) is 62.9 Å². The van der Waals surface area contributed by atoms with E-state index in [1.807, 2.05) is 12.3 Å². The summed E-state index contributed by atoms with van der Waals surface area (Å²) in [5.41, 5.74) is 7.12. The number of piperidine rings is 1. The van der Waals surface area contributed by atoms with Gasteiger partial charge in [-0.25, -0.2) is 15.0 Å². The van der Waals surface area contributed by atoms with Gasteiger partial charge in [-0.05, 0) is 32.3 Å². The molecule has 41 heavy (non-hydrogen) atoms. The van der Waals surface area contributed by atoms with Crippen molar-refractivity contribution in [3.8, 4) is 5.75 Å². The molecular formula is C29H40N6O5S. The zero-order valence-electron chi connectivity index (χ0n) is 23.6. The Morgan fingerprint density at radius 3 is 2.71 bits per heavy atom. The highest BCUT2D eigenvalue weighted by atomic mass is 32.2. The second-order valence-electron chi connectivity index (χ2n) is 12.3. The average molecular weight is 585 g/mol. The van der Waals surface area contributed by atoms with E-state index < -0.39 is 0 Å². The quantitative estimate of drug-likeness (QED) is 0.472. The Labute approximate surface area is 245 Å². The van der Waals surface area contributed by atoms with E-state index in [-0.39, 0.29) is 24.2 Å². The molecule has 0 aliphatic carbocycles. The first kappa shape index (κ1) is 27.6. The Hall–Kier alpha value is -2.22. The van der Waals surface area contributed by atoms with Crippen molar-refractivity contribution in [2.45, 2.75) is 60.9 Å². The highest BCUT2D eigenvalue weighted by molar-refractivity contribution is 7.99. The minimum atomic E-state index is -0.171. The minimum Gasteiger partial charge on any atom is -0.486 e. The van der Waals surface area contributed by atoms with Crippen LogP contribution in [-0.4, -0.2) is 97.5 Å². The van der Waals surface area contributed by atoms with Gasteiger partial charge >= 0.3 is 0 Å². The fourth-order valence-electron chi connectivity index (χ4n) is 6.93. The fraction of sp³-hybridized carbons (Fsp3) is 0.690. The summed E-state index contributed by atoms with van der Waals surface area (Å²) in [5, 5.41) is 10.9. The van der Waals surface area contributed by atoms with E-state index in [0.717, 1.165) is 99.2 Å². The molecule has 12 heteroatoms. The maximum absolute atomic E-state index is 10.2. The molecule has 1 spiro atoms. The van der Waals surface area contributed by atoms with Crippen molar-refractivity contribution in [2.75, 3.05) is 69.1 Å². The molecule has 2 aromatic heterocycles. The molecule has 7 heterocycles. The predicted molar refractivity (Wildman–Crippen MR) is 153 cm³/mol. The van der Waals surface area contributed by atoms with Gasteiger partial charge in [-0.2, -0.15) is 0 Å². The molecule has 4 unspecified atom stereocenters. The van der Waals surface area contributed by atoms with E-state index in [9.17, 15) is 5.11 Å². The van der Waals surface area contributed by atoms with Crippen molar-refractivity contribution in [1.82, 2.24) is 15.0 Å². The van der Waals surface area contributed by atoms with E-state index in [1.54, 1.807) is 6.20 Å². The van der Waals surface area contributed by atoms with Crippen LogP contribution in [0.3, 0.4) is 0 Å². The lowest BCUT2D eigenvalue weighted by Crippen LogP contribution is -2.51. The second kappa shape index (κ2) is 11.5. The lowest BCUT2D eigenvalue weighted by Gasteiger charge is -2.41. The van der Waals surface area contributed by atoms with Crippen LogP contribution >= 0.6 is 11.8 Å². The van der Waals surface area contributed by atoms with Crippen LogP contribution < -0.4 is 20.3 Å². The van der Waals surface area contributed by atoms with Gasteiger partial charge in [-0.1, -0.05) is 11.8 Å². The van der Waals surface area contributed by atoms with E-state index >= 15 is 0 Å². The number of fused-ring (bicyclic) bond motifs is 3. The Morgan fingerprint density at radius 1 is 1.15 bits per heavy atom. The van der Waals surface area contributed by atoms with E-state index in [4.69, 9.17) is 39.6 Å². The van der Waals surface area contributed by atoms with Gasteiger partial charge in [0, 0.05) is 49.1 Å². The van der Waals surface area contributed by atoms with Crippen molar-refractivity contribution >= 4 is 23.4 Å². The molecule has 4 saturated heterocycles. The summed E-state index contributed by atoms with van der Waals surface area (Å²) in [6.07, 6.45) is 6.67. The Balaban J connectivity index is 1.02. The zero-order chi connectivity index (χ0) is 28.0. The third kappa shape index (κ3) is 5.27. The molecule has 2 aromatic rings. The molecule has 4 fully saturated rings. The van der Waals surface area contributed by atoms with Crippen molar-refractivity contribution < 1.29 is 24.1 Å². The molecule has 0 aromatic carbocycles. The Kier molecular flexibility index (Phi) is 7.72. The number of ether oxygens (including phenoxy) is 4. The maximum atomic E-state index is 10.2. The molecule has 11 nitrogen and oxygen atoms in total. The van der Waals surface area contributed by atoms with Crippen molar-refractivity contribution in [3.63, 3.8) is 0 Å². The van der Waals surface area contributed by atoms with Crippen LogP contribution in [0.4, 0.5) is 11.6 Å². The molecule has 0 amide bonds. The molecule has 5 aliphatic heterocycles. The van der Waals surface area contributed by atoms with E-state index in [1.165, 1.54) is 11.8 Å². The smallest absolute Gasteiger partial charge is 0.175 e. The Bertz CT molecular complexity index is 1240. The predicted octanol–water partition coefficient (Wildman–Crippen LogP) is 2.10. The maximum Gasteiger partial charge on any atom is 0.175 e. The van der Waals surface area contributed by atoms with Crippen LogP contribution in [-0.2, 0) is 20.8 Å². The van der Waals surface area contributed by atoms with Crippen LogP contribution in [0.25, 0.3) is 0 Å². The van der Waals surface area contributed by atoms with Crippen LogP contribution in [0.2, 0.25) is 0 Å². The highest BCUT2D eigenvalue weighted by Crippen LogP contribution is 2.46. The number of hydrogen-bond acceptors (Lipinski definition) is 12. The summed E-state index contributed by atoms with van der Waals surface area (Å²) in [7, 11) is 0. The monoisotopic (exact) mass is 584 g/mol. The molecule has 0 radical (unpaired) electrons. The summed E-state index contributed by atoms with van der Waals surface area (Å²) in [4.78, 5) is 19.8. The third-order valence-corrected chi connectivity index (χ3v) is 10.5. The number of nitrogens with two attached hydrogens (primary N) is 1. The summed E-state index contributed by atoms with van der Waals surface area (Å²) in [6.45, 7) is 8.99. The number of pyridine rings is 1. The first-order valence-electron chi connectivity index (χ1n) is 14.8. The number of nitrogens with zero attached hydrogens (tertiary/aromatic N) is 5. The number of anilines is 2. The number of rotatable bonds is 8. The van der Waals surface area contributed by atoms with Crippen LogP contribution in [0.15, 0.2) is 28.4 Å². The number of hydrogen-bond donors (Lipinski definition) is 2. The second-order valence-corrected chi connectivity index (χ2v) is 13.3. The lowest BCUT2D eigenvalue weighted by atomic mass is 9.73. The largest absolute Gasteiger partial charge is 0.486 e. The van der Waals surface area contributed by atoms with Crippen LogP contribution in [0, 0.1) is 17.3 Å². The van der Waals surface area contributed by atoms with Gasteiger partial charge in [0.1, 0.15) is 17.3 Å². The number of aliphatic hydroxyl groups is 1. The van der Waals surface area contributed by atoms with Gasteiger partial charge in [0.2, 0.25) is 0 Å². The number of aliphatic hydroxyl groups excluding tert-OH is 1. The Morgan fingerprint density at radius 2 is 1.98 bits per heavy atom. The number of aromatic nitrogens is 3. The van der Waals surface area contributed by atoms with Gasteiger partial charge in [0.15, 0.2) is 17.4 Å². The summed E-state index contributed by atoms with van der Waals surface area (Å²) in [6, 6.07) is 2.34. The van der Waals surface area contributed by atoms with Gasteiger partial charge in [0.25, 0.3) is 0 Å². The molecule has 0 saturated carbocycles. The van der Waals surface area contributed by atoms with E-state index in [0.29, 0.717) is 30.2 Å². The normalized spacial score (nSPS) is 28.9. The molecule has 0 bridgehead atoms. The first-order chi connectivity index (χ1) is 20.0. The van der Waals surface area contributed by atoms with Crippen molar-refractivity contribution in [3.05, 3.63) is 24.2 Å². The first-order valence-corrected chi connectivity index (χ1v) is 15.7. The van der Waals surface area contributed by atoms with Crippen LogP contribution in [0.1, 0.15) is 31.9 Å². The summed E-state index contributed by atoms with van der Waals surface area (Å²) < 4.78 is 23.4.